The van der Waals surface area contributed by atoms with Crippen molar-refractivity contribution in [2.24, 2.45) is 0 Å². The zero-order valence-electron chi connectivity index (χ0n) is 15.1. The maximum Gasteiger partial charge on any atom is 0.283 e. The van der Waals surface area contributed by atoms with Crippen LogP contribution in [0.2, 0.25) is 0 Å². The number of nitrogens with zero attached hydrogens (tertiary/aromatic N) is 4. The molecule has 0 aliphatic rings. The van der Waals surface area contributed by atoms with Crippen LogP contribution in [0, 0.1) is 0 Å². The predicted molar refractivity (Wildman–Crippen MR) is 110 cm³/mol. The Kier molecular flexibility index (Phi) is 4.94. The molecule has 4 rings (SSSR count). The molecule has 140 valence electrons. The number of thioether (sulfide) groups is 1. The maximum atomic E-state index is 12.8. The molecule has 0 bridgehead atoms. The van der Waals surface area contributed by atoms with Crippen molar-refractivity contribution in [3.63, 3.8) is 0 Å². The third kappa shape index (κ3) is 3.29. The summed E-state index contributed by atoms with van der Waals surface area (Å²) in [6.45, 7) is 2.02. The molecule has 4 aromatic rings. The standard InChI is InChI=1S/C20H17N5O2S/c1-2-28-17-11-7-6-10-15(17)19(26)23-24-13-21-18-16(20(24)27)12-22-25(18)14-8-4-3-5-9-14/h3-13H,2H2,1H3,(H,23,26). The number of hydrogen-bond acceptors (Lipinski definition) is 5. The summed E-state index contributed by atoms with van der Waals surface area (Å²) in [6.07, 6.45) is 2.76. The zero-order valence-corrected chi connectivity index (χ0v) is 15.9. The molecule has 0 atom stereocenters. The van der Waals surface area contributed by atoms with Crippen molar-refractivity contribution in [3.8, 4) is 5.69 Å². The molecule has 1 amide bonds. The van der Waals surface area contributed by atoms with Crippen LogP contribution in [-0.2, 0) is 0 Å². The first-order valence-electron chi connectivity index (χ1n) is 8.73. The quantitative estimate of drug-likeness (QED) is 0.529. The number of para-hydroxylation sites is 1. The lowest BCUT2D eigenvalue weighted by molar-refractivity contribution is 0.100. The van der Waals surface area contributed by atoms with Crippen LogP contribution in [-0.4, -0.2) is 31.1 Å². The van der Waals surface area contributed by atoms with Gasteiger partial charge in [0.05, 0.1) is 17.4 Å². The Morgan fingerprint density at radius 2 is 1.86 bits per heavy atom. The van der Waals surface area contributed by atoms with Crippen molar-refractivity contribution in [3.05, 3.63) is 83.0 Å². The van der Waals surface area contributed by atoms with Gasteiger partial charge in [0.2, 0.25) is 0 Å². The summed E-state index contributed by atoms with van der Waals surface area (Å²) in [5.41, 5.74) is 3.98. The molecule has 0 saturated carbocycles. The van der Waals surface area contributed by atoms with Crippen molar-refractivity contribution in [1.29, 1.82) is 0 Å². The van der Waals surface area contributed by atoms with Crippen LogP contribution in [0.15, 0.2) is 76.8 Å². The Morgan fingerprint density at radius 1 is 1.11 bits per heavy atom. The predicted octanol–water partition coefficient (Wildman–Crippen LogP) is 3.08. The third-order valence-electron chi connectivity index (χ3n) is 4.14. The molecule has 2 heterocycles. The van der Waals surface area contributed by atoms with Crippen molar-refractivity contribution in [2.75, 3.05) is 11.2 Å². The van der Waals surface area contributed by atoms with Gasteiger partial charge >= 0.3 is 0 Å². The van der Waals surface area contributed by atoms with E-state index in [0.29, 0.717) is 16.6 Å². The Bertz CT molecular complexity index is 1200. The largest absolute Gasteiger partial charge is 0.283 e. The Morgan fingerprint density at radius 3 is 2.64 bits per heavy atom. The van der Waals surface area contributed by atoms with Crippen molar-refractivity contribution >= 4 is 28.7 Å². The second-order valence-electron chi connectivity index (χ2n) is 5.92. The second kappa shape index (κ2) is 7.69. The number of carbonyl (C=O) groups excluding carboxylic acids is 1. The average molecular weight is 391 g/mol. The molecule has 0 aliphatic carbocycles. The molecule has 1 N–H and O–H groups in total. The summed E-state index contributed by atoms with van der Waals surface area (Å²) >= 11 is 1.57. The molecule has 0 aliphatic heterocycles. The molecule has 7 nitrogen and oxygen atoms in total. The Balaban J connectivity index is 1.69. The lowest BCUT2D eigenvalue weighted by Gasteiger charge is -2.10. The van der Waals surface area contributed by atoms with Crippen LogP contribution in [0.3, 0.4) is 0 Å². The van der Waals surface area contributed by atoms with Gasteiger partial charge in [-0.05, 0) is 30.0 Å². The molecule has 8 heteroatoms. The van der Waals surface area contributed by atoms with Gasteiger partial charge in [0.25, 0.3) is 11.5 Å². The molecule has 2 aromatic heterocycles. The highest BCUT2D eigenvalue weighted by molar-refractivity contribution is 7.99. The summed E-state index contributed by atoms with van der Waals surface area (Å²) in [4.78, 5) is 30.7. The van der Waals surface area contributed by atoms with Gasteiger partial charge in [-0.2, -0.15) is 5.10 Å². The van der Waals surface area contributed by atoms with Gasteiger partial charge in [-0.15, -0.1) is 11.8 Å². The van der Waals surface area contributed by atoms with Crippen LogP contribution >= 0.6 is 11.8 Å². The van der Waals surface area contributed by atoms with E-state index in [2.05, 4.69) is 15.5 Å². The van der Waals surface area contributed by atoms with Gasteiger partial charge in [-0.25, -0.2) is 14.3 Å². The average Bonchev–Trinajstić information content (AvgIpc) is 3.16. The van der Waals surface area contributed by atoms with Crippen molar-refractivity contribution in [2.45, 2.75) is 11.8 Å². The number of nitrogens with one attached hydrogen (secondary N) is 1. The Hall–Kier alpha value is -3.39. The number of benzene rings is 2. The van der Waals surface area contributed by atoms with Gasteiger partial charge in [-0.3, -0.25) is 15.0 Å². The van der Waals surface area contributed by atoms with Gasteiger partial charge in [0.1, 0.15) is 11.7 Å². The summed E-state index contributed by atoms with van der Waals surface area (Å²) in [5, 5.41) is 4.59. The minimum Gasteiger partial charge on any atom is -0.267 e. The van der Waals surface area contributed by atoms with E-state index in [1.165, 1.54) is 12.5 Å². The number of hydrogen-bond donors (Lipinski definition) is 1. The van der Waals surface area contributed by atoms with Crippen LogP contribution in [0.25, 0.3) is 16.7 Å². The SMILES string of the molecule is CCSc1ccccc1C(=O)Nn1cnc2c(cnn2-c2ccccc2)c1=O. The number of fused-ring (bicyclic) bond motifs is 1. The monoisotopic (exact) mass is 391 g/mol. The van der Waals surface area contributed by atoms with E-state index in [0.717, 1.165) is 21.0 Å². The van der Waals surface area contributed by atoms with E-state index in [4.69, 9.17) is 0 Å². The smallest absolute Gasteiger partial charge is 0.267 e. The molecule has 0 saturated heterocycles. The second-order valence-corrected chi connectivity index (χ2v) is 7.22. The van der Waals surface area contributed by atoms with Gasteiger partial charge in [-0.1, -0.05) is 37.3 Å². The van der Waals surface area contributed by atoms with Crippen LogP contribution in [0.5, 0.6) is 0 Å². The summed E-state index contributed by atoms with van der Waals surface area (Å²) in [7, 11) is 0. The van der Waals surface area contributed by atoms with E-state index in [1.54, 1.807) is 28.6 Å². The maximum absolute atomic E-state index is 12.8. The normalized spacial score (nSPS) is 10.9. The van der Waals surface area contributed by atoms with E-state index in [-0.39, 0.29) is 11.5 Å². The van der Waals surface area contributed by atoms with Crippen LogP contribution in [0.4, 0.5) is 0 Å². The van der Waals surface area contributed by atoms with Gasteiger partial charge in [0, 0.05) is 4.90 Å². The lowest BCUT2D eigenvalue weighted by atomic mass is 10.2. The fourth-order valence-electron chi connectivity index (χ4n) is 2.85. The minimum atomic E-state index is -0.388. The number of amides is 1. The number of aromatic nitrogens is 4. The summed E-state index contributed by atoms with van der Waals surface area (Å²) in [5.74, 6) is 0.478. The van der Waals surface area contributed by atoms with Gasteiger partial charge < -0.3 is 0 Å². The molecule has 0 spiro atoms. The first kappa shape index (κ1) is 18.0. The molecule has 0 unspecified atom stereocenters. The first-order chi connectivity index (χ1) is 13.7. The van der Waals surface area contributed by atoms with Crippen molar-refractivity contribution < 1.29 is 4.79 Å². The van der Waals surface area contributed by atoms with E-state index in [1.807, 2.05) is 49.4 Å². The lowest BCUT2D eigenvalue weighted by Crippen LogP contribution is -2.33. The summed E-state index contributed by atoms with van der Waals surface area (Å²) < 4.78 is 2.69. The first-order valence-corrected chi connectivity index (χ1v) is 9.71. The third-order valence-corrected chi connectivity index (χ3v) is 5.10. The summed E-state index contributed by atoms with van der Waals surface area (Å²) in [6, 6.07) is 16.7. The molecular weight excluding hydrogens is 374 g/mol. The van der Waals surface area contributed by atoms with E-state index >= 15 is 0 Å². The number of rotatable bonds is 5. The molecule has 28 heavy (non-hydrogen) atoms. The highest BCUT2D eigenvalue weighted by atomic mass is 32.2. The topological polar surface area (TPSA) is 81.8 Å². The highest BCUT2D eigenvalue weighted by Crippen LogP contribution is 2.22. The van der Waals surface area contributed by atoms with E-state index < -0.39 is 0 Å². The van der Waals surface area contributed by atoms with Crippen LogP contribution in [0.1, 0.15) is 17.3 Å². The van der Waals surface area contributed by atoms with Crippen LogP contribution < -0.4 is 11.0 Å². The van der Waals surface area contributed by atoms with E-state index in [9.17, 15) is 9.59 Å². The van der Waals surface area contributed by atoms with Gasteiger partial charge in [0.15, 0.2) is 5.65 Å². The molecule has 2 aromatic carbocycles. The Labute approximate surface area is 165 Å². The minimum absolute atomic E-state index is 0.322. The fraction of sp³-hybridized carbons (Fsp3) is 0.100. The fourth-order valence-corrected chi connectivity index (χ4v) is 3.66. The molecule has 0 fully saturated rings. The van der Waals surface area contributed by atoms with Crippen molar-refractivity contribution in [1.82, 2.24) is 19.4 Å². The zero-order chi connectivity index (χ0) is 19.5. The number of carbonyl (C=O) groups is 1. The molecular formula is C20H17N5O2S. The molecule has 0 radical (unpaired) electrons. The highest BCUT2D eigenvalue weighted by Gasteiger charge is 2.15.